The molecular formula is C15H13F4N5. The van der Waals surface area contributed by atoms with Crippen LogP contribution in [0.15, 0.2) is 30.7 Å². The quantitative estimate of drug-likeness (QED) is 0.737. The lowest BCUT2D eigenvalue weighted by molar-refractivity contribution is -0.143. The molecule has 0 aliphatic carbocycles. The lowest BCUT2D eigenvalue weighted by Crippen LogP contribution is -2.18. The van der Waals surface area contributed by atoms with Gasteiger partial charge in [-0.15, -0.1) is 0 Å². The van der Waals surface area contributed by atoms with Crippen molar-refractivity contribution in [3.05, 3.63) is 47.7 Å². The molecule has 9 heteroatoms. The summed E-state index contributed by atoms with van der Waals surface area (Å²) in [4.78, 5) is 11.8. The number of pyridine rings is 1. The molecule has 0 fully saturated rings. The highest BCUT2D eigenvalue weighted by Crippen LogP contribution is 2.33. The summed E-state index contributed by atoms with van der Waals surface area (Å²) >= 11 is 0. The zero-order valence-corrected chi connectivity index (χ0v) is 12.6. The molecule has 0 aromatic carbocycles. The predicted molar refractivity (Wildman–Crippen MR) is 79.9 cm³/mol. The number of fused-ring (bicyclic) bond motifs is 1. The van der Waals surface area contributed by atoms with Crippen LogP contribution in [-0.2, 0) is 19.5 Å². The minimum Gasteiger partial charge on any atom is -0.352 e. The number of nitrogens with zero attached hydrogens (tertiary/aromatic N) is 4. The number of hydrogen-bond acceptors (Lipinski definition) is 4. The van der Waals surface area contributed by atoms with E-state index in [0.29, 0.717) is 10.9 Å². The normalized spacial score (nSPS) is 11.9. The number of anilines is 1. The first-order valence-electron chi connectivity index (χ1n) is 7.03. The van der Waals surface area contributed by atoms with Gasteiger partial charge in [0.1, 0.15) is 30.2 Å². The van der Waals surface area contributed by atoms with Crippen molar-refractivity contribution < 1.29 is 17.6 Å². The van der Waals surface area contributed by atoms with E-state index >= 15 is 0 Å². The van der Waals surface area contributed by atoms with Gasteiger partial charge in [-0.3, -0.25) is 0 Å². The van der Waals surface area contributed by atoms with Crippen LogP contribution >= 0.6 is 0 Å². The van der Waals surface area contributed by atoms with E-state index in [1.54, 1.807) is 19.1 Å². The number of aromatic nitrogens is 4. The second-order valence-electron chi connectivity index (χ2n) is 5.13. The lowest BCUT2D eigenvalue weighted by Gasteiger charge is -2.15. The Hall–Kier alpha value is -2.71. The average Bonchev–Trinajstić information content (AvgIpc) is 2.93. The van der Waals surface area contributed by atoms with Gasteiger partial charge in [-0.05, 0) is 25.1 Å². The molecule has 0 amide bonds. The van der Waals surface area contributed by atoms with E-state index < -0.39 is 18.5 Å². The summed E-state index contributed by atoms with van der Waals surface area (Å²) in [6.07, 6.45) is -1.93. The van der Waals surface area contributed by atoms with Crippen LogP contribution in [0.3, 0.4) is 0 Å². The van der Waals surface area contributed by atoms with Crippen molar-refractivity contribution >= 4 is 16.9 Å². The molecule has 3 heterocycles. The second-order valence-corrected chi connectivity index (χ2v) is 5.13. The maximum absolute atomic E-state index is 13.3. The largest absolute Gasteiger partial charge is 0.431 e. The molecule has 0 radical (unpaired) electrons. The van der Waals surface area contributed by atoms with Gasteiger partial charge < -0.3 is 9.88 Å². The van der Waals surface area contributed by atoms with Crippen molar-refractivity contribution in [2.75, 3.05) is 5.32 Å². The van der Waals surface area contributed by atoms with Crippen LogP contribution in [0.4, 0.5) is 23.4 Å². The third-order valence-electron chi connectivity index (χ3n) is 3.67. The van der Waals surface area contributed by atoms with Gasteiger partial charge in [-0.1, -0.05) is 0 Å². The fraction of sp³-hybridized carbons (Fsp3) is 0.267. The molecule has 126 valence electrons. The molecule has 0 aliphatic heterocycles. The molecule has 0 aliphatic rings. The van der Waals surface area contributed by atoms with Gasteiger partial charge in [0, 0.05) is 17.1 Å². The standard InChI is InChI=1S/C15H13F4N5/c1-9-11(6-16)21-7-22-13(9)23-8-24-12(15(17,18)19)5-10-3-2-4-20-14(10)24/h2-5,7H,6,8H2,1H3,(H,21,22,23). The van der Waals surface area contributed by atoms with Gasteiger partial charge in [-0.25, -0.2) is 19.3 Å². The number of rotatable bonds is 4. The van der Waals surface area contributed by atoms with Crippen LogP contribution in [-0.4, -0.2) is 19.5 Å². The minimum absolute atomic E-state index is 0.194. The zero-order valence-electron chi connectivity index (χ0n) is 12.6. The molecule has 0 saturated heterocycles. The SMILES string of the molecule is Cc1c(CF)ncnc1NCn1c(C(F)(F)F)cc2cccnc21. The summed E-state index contributed by atoms with van der Waals surface area (Å²) in [5.41, 5.74) is 0.0351. The third-order valence-corrected chi connectivity index (χ3v) is 3.67. The Morgan fingerprint density at radius 1 is 1.21 bits per heavy atom. The van der Waals surface area contributed by atoms with E-state index in [1.165, 1.54) is 12.5 Å². The van der Waals surface area contributed by atoms with Gasteiger partial charge >= 0.3 is 6.18 Å². The molecule has 5 nitrogen and oxygen atoms in total. The van der Waals surface area contributed by atoms with E-state index in [-0.39, 0.29) is 23.8 Å². The first-order valence-corrected chi connectivity index (χ1v) is 7.03. The number of nitrogens with one attached hydrogen (secondary N) is 1. The monoisotopic (exact) mass is 339 g/mol. The van der Waals surface area contributed by atoms with E-state index in [0.717, 1.165) is 10.6 Å². The molecule has 0 spiro atoms. The summed E-state index contributed by atoms with van der Waals surface area (Å²) in [6, 6.07) is 4.18. The maximum atomic E-state index is 13.3. The topological polar surface area (TPSA) is 55.6 Å². The Bertz CT molecular complexity index is 872. The van der Waals surface area contributed by atoms with Crippen LogP contribution in [0.2, 0.25) is 0 Å². The lowest BCUT2D eigenvalue weighted by atomic mass is 10.2. The molecule has 0 bridgehead atoms. The minimum atomic E-state index is -4.52. The summed E-state index contributed by atoms with van der Waals surface area (Å²) in [5, 5.41) is 3.18. The summed E-state index contributed by atoms with van der Waals surface area (Å²) in [5.74, 6) is 0.281. The van der Waals surface area contributed by atoms with Crippen molar-refractivity contribution in [2.45, 2.75) is 26.4 Å². The van der Waals surface area contributed by atoms with Gasteiger partial charge in [-0.2, -0.15) is 13.2 Å². The van der Waals surface area contributed by atoms with Gasteiger partial charge in [0.2, 0.25) is 0 Å². The highest BCUT2D eigenvalue weighted by molar-refractivity contribution is 5.77. The Labute approximate surface area is 134 Å². The van der Waals surface area contributed by atoms with Gasteiger partial charge in [0.05, 0.1) is 12.4 Å². The Morgan fingerprint density at radius 2 is 2.00 bits per heavy atom. The van der Waals surface area contributed by atoms with E-state index in [1.807, 2.05) is 0 Å². The average molecular weight is 339 g/mol. The Kier molecular flexibility index (Phi) is 4.08. The van der Waals surface area contributed by atoms with Crippen molar-refractivity contribution in [1.82, 2.24) is 19.5 Å². The Balaban J connectivity index is 1.98. The van der Waals surface area contributed by atoms with E-state index in [4.69, 9.17) is 0 Å². The van der Waals surface area contributed by atoms with Crippen LogP contribution in [0, 0.1) is 6.92 Å². The van der Waals surface area contributed by atoms with Crippen LogP contribution in [0.5, 0.6) is 0 Å². The van der Waals surface area contributed by atoms with Crippen molar-refractivity contribution in [1.29, 1.82) is 0 Å². The highest BCUT2D eigenvalue weighted by Gasteiger charge is 2.35. The van der Waals surface area contributed by atoms with Crippen LogP contribution in [0.25, 0.3) is 11.0 Å². The molecule has 0 atom stereocenters. The Morgan fingerprint density at radius 3 is 2.71 bits per heavy atom. The molecule has 1 N–H and O–H groups in total. The van der Waals surface area contributed by atoms with Crippen LogP contribution in [0.1, 0.15) is 17.0 Å². The van der Waals surface area contributed by atoms with Gasteiger partial charge in [0.15, 0.2) is 0 Å². The third kappa shape index (κ3) is 2.89. The first-order chi connectivity index (χ1) is 11.4. The molecule has 3 rings (SSSR count). The van der Waals surface area contributed by atoms with E-state index in [2.05, 4.69) is 20.3 Å². The van der Waals surface area contributed by atoms with Gasteiger partial charge in [0.25, 0.3) is 0 Å². The molecular weight excluding hydrogens is 326 g/mol. The summed E-state index contributed by atoms with van der Waals surface area (Å²) in [7, 11) is 0. The molecule has 24 heavy (non-hydrogen) atoms. The highest BCUT2D eigenvalue weighted by atomic mass is 19.4. The molecule has 3 aromatic rings. The summed E-state index contributed by atoms with van der Waals surface area (Å²) < 4.78 is 53.6. The van der Waals surface area contributed by atoms with Crippen molar-refractivity contribution in [2.24, 2.45) is 0 Å². The first kappa shape index (κ1) is 16.2. The fourth-order valence-corrected chi connectivity index (χ4v) is 2.44. The zero-order chi connectivity index (χ0) is 17.3. The number of hydrogen-bond donors (Lipinski definition) is 1. The maximum Gasteiger partial charge on any atom is 0.431 e. The summed E-state index contributed by atoms with van der Waals surface area (Å²) in [6.45, 7) is 0.623. The molecule has 0 saturated carbocycles. The smallest absolute Gasteiger partial charge is 0.352 e. The second kappa shape index (κ2) is 6.06. The molecule has 0 unspecified atom stereocenters. The van der Waals surface area contributed by atoms with E-state index in [9.17, 15) is 17.6 Å². The molecule has 3 aromatic heterocycles. The van der Waals surface area contributed by atoms with Crippen molar-refractivity contribution in [3.63, 3.8) is 0 Å². The number of alkyl halides is 4. The number of halogens is 4. The predicted octanol–water partition coefficient (Wildman–Crippen LogP) is 3.69. The van der Waals surface area contributed by atoms with Crippen LogP contribution < -0.4 is 5.32 Å². The van der Waals surface area contributed by atoms with Crippen molar-refractivity contribution in [3.8, 4) is 0 Å². The fourth-order valence-electron chi connectivity index (χ4n) is 2.44.